The number of nitro groups is 1. The summed E-state index contributed by atoms with van der Waals surface area (Å²) >= 11 is 0. The Kier molecular flexibility index (Phi) is 8.13. The number of carbonyl (C=O) groups is 1. The van der Waals surface area contributed by atoms with Gasteiger partial charge in [0, 0.05) is 6.07 Å². The molecule has 0 bridgehead atoms. The van der Waals surface area contributed by atoms with Gasteiger partial charge >= 0.3 is 11.7 Å². The minimum Gasteiger partial charge on any atom is -0.479 e. The first-order chi connectivity index (χ1) is 17.9. The number of halogens is 1. The van der Waals surface area contributed by atoms with E-state index < -0.39 is 10.9 Å². The lowest BCUT2D eigenvalue weighted by molar-refractivity contribution is -0.386. The van der Waals surface area contributed by atoms with Crippen LogP contribution < -0.4 is 4.74 Å². The Bertz CT molecular complexity index is 1330. The van der Waals surface area contributed by atoms with Gasteiger partial charge in [-0.05, 0) is 71.3 Å². The molecule has 1 saturated carbocycles. The van der Waals surface area contributed by atoms with E-state index in [4.69, 9.17) is 4.74 Å². The first-order valence-corrected chi connectivity index (χ1v) is 12.2. The van der Waals surface area contributed by atoms with Gasteiger partial charge in [0.1, 0.15) is 11.9 Å². The Morgan fingerprint density at radius 1 is 1.03 bits per heavy atom. The van der Waals surface area contributed by atoms with Crippen LogP contribution in [0.3, 0.4) is 0 Å². The number of aromatic carboxylic acids is 1. The molecule has 1 aliphatic carbocycles. The molecule has 1 fully saturated rings. The highest BCUT2D eigenvalue weighted by Crippen LogP contribution is 2.34. The van der Waals surface area contributed by atoms with Crippen LogP contribution >= 0.6 is 0 Å². The number of carboxylic acids is 1. The molecule has 0 spiro atoms. The van der Waals surface area contributed by atoms with E-state index in [1.165, 1.54) is 30.7 Å². The van der Waals surface area contributed by atoms with E-state index in [1.807, 2.05) is 0 Å². The zero-order valence-corrected chi connectivity index (χ0v) is 20.3. The van der Waals surface area contributed by atoms with E-state index in [1.54, 1.807) is 54.6 Å². The maximum atomic E-state index is 13.3. The summed E-state index contributed by atoms with van der Waals surface area (Å²) in [5.41, 5.74) is 2.32. The monoisotopic (exact) mass is 501 g/mol. The minimum atomic E-state index is -1.10. The number of hydrogen-bond acceptors (Lipinski definition) is 4. The van der Waals surface area contributed by atoms with Crippen molar-refractivity contribution in [3.8, 4) is 16.9 Å². The van der Waals surface area contributed by atoms with Gasteiger partial charge in [-0.3, -0.25) is 10.1 Å². The average molecular weight is 502 g/mol. The van der Waals surface area contributed by atoms with Crippen LogP contribution in [0, 0.1) is 21.8 Å². The number of benzene rings is 3. The van der Waals surface area contributed by atoms with Crippen LogP contribution in [0.2, 0.25) is 0 Å². The van der Waals surface area contributed by atoms with Gasteiger partial charge in [0.2, 0.25) is 0 Å². The normalized spacial score (nSPS) is 14.8. The molecule has 1 aliphatic rings. The highest BCUT2D eigenvalue weighted by molar-refractivity contribution is 5.94. The van der Waals surface area contributed by atoms with Crippen LogP contribution in [0.5, 0.6) is 5.75 Å². The highest BCUT2D eigenvalue weighted by Gasteiger charge is 2.26. The van der Waals surface area contributed by atoms with Crippen molar-refractivity contribution in [3.63, 3.8) is 0 Å². The van der Waals surface area contributed by atoms with E-state index >= 15 is 0 Å². The number of rotatable bonds is 9. The first kappa shape index (κ1) is 25.8. The topological polar surface area (TPSA) is 89.7 Å². The molecular formula is C30H28FNO5. The fourth-order valence-electron chi connectivity index (χ4n) is 4.73. The van der Waals surface area contributed by atoms with Gasteiger partial charge in [-0.25, -0.2) is 9.18 Å². The van der Waals surface area contributed by atoms with Gasteiger partial charge in [-0.15, -0.1) is 0 Å². The molecule has 0 heterocycles. The lowest BCUT2D eigenvalue weighted by Crippen LogP contribution is -2.27. The van der Waals surface area contributed by atoms with Crippen LogP contribution in [-0.2, 0) is 0 Å². The van der Waals surface area contributed by atoms with E-state index in [0.29, 0.717) is 11.1 Å². The Balaban J connectivity index is 1.62. The summed E-state index contributed by atoms with van der Waals surface area (Å²) in [6.07, 6.45) is 10.1. The van der Waals surface area contributed by atoms with Crippen LogP contribution in [0.15, 0.2) is 73.3 Å². The van der Waals surface area contributed by atoms with E-state index in [9.17, 15) is 24.4 Å². The molecule has 0 aromatic heterocycles. The molecule has 0 radical (unpaired) electrons. The van der Waals surface area contributed by atoms with Gasteiger partial charge in [0.05, 0.1) is 10.5 Å². The average Bonchev–Trinajstić information content (AvgIpc) is 2.91. The minimum absolute atomic E-state index is 0.0814. The molecule has 0 saturated heterocycles. The Morgan fingerprint density at radius 2 is 1.73 bits per heavy atom. The van der Waals surface area contributed by atoms with Crippen LogP contribution in [0.4, 0.5) is 10.1 Å². The zero-order chi connectivity index (χ0) is 26.4. The third-order valence-corrected chi connectivity index (χ3v) is 6.70. The highest BCUT2D eigenvalue weighted by atomic mass is 19.1. The molecule has 1 atom stereocenters. The molecule has 37 heavy (non-hydrogen) atoms. The lowest BCUT2D eigenvalue weighted by Gasteiger charge is -2.28. The predicted octanol–water partition coefficient (Wildman–Crippen LogP) is 7.78. The smallest absolute Gasteiger partial charge is 0.336 e. The molecule has 7 heteroatoms. The second-order valence-corrected chi connectivity index (χ2v) is 9.15. The van der Waals surface area contributed by atoms with Crippen molar-refractivity contribution < 1.29 is 24.0 Å². The summed E-state index contributed by atoms with van der Waals surface area (Å²) in [7, 11) is 0. The summed E-state index contributed by atoms with van der Waals surface area (Å²) in [5.74, 6) is -0.994. The predicted molar refractivity (Wildman–Crippen MR) is 142 cm³/mol. The second-order valence-electron chi connectivity index (χ2n) is 9.15. The van der Waals surface area contributed by atoms with Gasteiger partial charge in [0.25, 0.3) is 0 Å². The molecular weight excluding hydrogens is 473 g/mol. The van der Waals surface area contributed by atoms with Crippen molar-refractivity contribution >= 4 is 23.8 Å². The zero-order valence-electron chi connectivity index (χ0n) is 20.3. The molecule has 3 aromatic rings. The lowest BCUT2D eigenvalue weighted by atomic mass is 9.85. The van der Waals surface area contributed by atoms with Crippen molar-refractivity contribution in [3.05, 3.63) is 106 Å². The van der Waals surface area contributed by atoms with Crippen LogP contribution in [-0.4, -0.2) is 22.1 Å². The van der Waals surface area contributed by atoms with Crippen molar-refractivity contribution in [2.75, 3.05) is 0 Å². The second kappa shape index (κ2) is 11.6. The Labute approximate surface area is 214 Å². The summed E-state index contributed by atoms with van der Waals surface area (Å²) in [5, 5.41) is 21.5. The number of nitro benzene ring substituents is 1. The Hall–Kier alpha value is -4.26. The summed E-state index contributed by atoms with van der Waals surface area (Å²) in [6, 6.07) is 15.4. The van der Waals surface area contributed by atoms with Crippen LogP contribution in [0.25, 0.3) is 23.3 Å². The standard InChI is InChI=1S/C30H28FNO5/c1-2-28(22-6-4-3-5-7-22)37-29-17-9-20(18-27(29)32(35)36)8-10-24-19-23(13-16-26(24)30(33)34)21-11-14-25(31)15-12-21/h2,8-19,22,28H,1,3-7H2,(H,33,34)/b10-8+/t28-/m1/s1. The van der Waals surface area contributed by atoms with E-state index in [0.717, 1.165) is 36.8 Å². The molecule has 0 unspecified atom stereocenters. The Morgan fingerprint density at radius 3 is 2.38 bits per heavy atom. The number of nitrogens with zero attached hydrogens (tertiary/aromatic N) is 1. The number of carboxylic acid groups (broad SMARTS) is 1. The molecule has 4 rings (SSSR count). The summed E-state index contributed by atoms with van der Waals surface area (Å²) < 4.78 is 19.4. The van der Waals surface area contributed by atoms with E-state index in [2.05, 4.69) is 6.58 Å². The quantitative estimate of drug-likeness (QED) is 0.140. The van der Waals surface area contributed by atoms with Crippen molar-refractivity contribution in [1.82, 2.24) is 0 Å². The van der Waals surface area contributed by atoms with Gasteiger partial charge < -0.3 is 9.84 Å². The SMILES string of the molecule is C=C[C@@H](Oc1ccc(/C=C/c2cc(-c3ccc(F)cc3)ccc2C(=O)O)cc1[N+](=O)[O-])C1CCCCC1. The largest absolute Gasteiger partial charge is 0.479 e. The van der Waals surface area contributed by atoms with Gasteiger partial charge in [0.15, 0.2) is 5.75 Å². The third kappa shape index (κ3) is 6.30. The summed E-state index contributed by atoms with van der Waals surface area (Å²) in [6.45, 7) is 3.87. The van der Waals surface area contributed by atoms with E-state index in [-0.39, 0.29) is 34.8 Å². The molecule has 6 nitrogen and oxygen atoms in total. The van der Waals surface area contributed by atoms with Gasteiger partial charge in [-0.1, -0.05) is 68.3 Å². The fourth-order valence-corrected chi connectivity index (χ4v) is 4.73. The van der Waals surface area contributed by atoms with Crippen molar-refractivity contribution in [2.24, 2.45) is 5.92 Å². The molecule has 190 valence electrons. The molecule has 3 aromatic carbocycles. The maximum absolute atomic E-state index is 13.3. The fraction of sp³-hybridized carbons (Fsp3) is 0.233. The van der Waals surface area contributed by atoms with Crippen molar-refractivity contribution in [1.29, 1.82) is 0 Å². The molecule has 1 N–H and O–H groups in total. The van der Waals surface area contributed by atoms with Gasteiger partial charge in [-0.2, -0.15) is 0 Å². The maximum Gasteiger partial charge on any atom is 0.336 e. The first-order valence-electron chi connectivity index (χ1n) is 12.2. The van der Waals surface area contributed by atoms with Crippen molar-refractivity contribution in [2.45, 2.75) is 38.2 Å². The number of hydrogen-bond donors (Lipinski definition) is 1. The third-order valence-electron chi connectivity index (χ3n) is 6.70. The molecule has 0 aliphatic heterocycles. The molecule has 0 amide bonds. The number of ether oxygens (including phenoxy) is 1. The summed E-state index contributed by atoms with van der Waals surface area (Å²) in [4.78, 5) is 23.1. The van der Waals surface area contributed by atoms with Crippen LogP contribution in [0.1, 0.15) is 53.6 Å².